The van der Waals surface area contributed by atoms with E-state index in [9.17, 15) is 8.42 Å². The first-order valence-corrected chi connectivity index (χ1v) is 8.29. The van der Waals surface area contributed by atoms with E-state index in [1.807, 2.05) is 18.2 Å². The molecule has 0 bridgehead atoms. The average Bonchev–Trinajstić information content (AvgIpc) is 2.40. The molecule has 1 fully saturated rings. The highest BCUT2D eigenvalue weighted by molar-refractivity contribution is 7.90. The maximum atomic E-state index is 11.4. The quantitative estimate of drug-likeness (QED) is 0.843. The molecule has 0 aliphatic carbocycles. The van der Waals surface area contributed by atoms with Crippen molar-refractivity contribution in [3.63, 3.8) is 0 Å². The van der Waals surface area contributed by atoms with Gasteiger partial charge in [0, 0.05) is 32.4 Å². The summed E-state index contributed by atoms with van der Waals surface area (Å²) in [5.74, 6) is 0. The lowest BCUT2D eigenvalue weighted by Gasteiger charge is -2.33. The molecule has 1 aliphatic rings. The van der Waals surface area contributed by atoms with Crippen LogP contribution in [0.3, 0.4) is 0 Å². The number of rotatable bonds is 4. The fourth-order valence-electron chi connectivity index (χ4n) is 2.37. The third-order valence-corrected chi connectivity index (χ3v) is 4.55. The molecule has 0 amide bonds. The Balaban J connectivity index is 2.21. The van der Waals surface area contributed by atoms with Gasteiger partial charge in [-0.25, -0.2) is 8.42 Å². The maximum Gasteiger partial charge on any atom is 0.175 e. The zero-order valence-electron chi connectivity index (χ0n) is 11.2. The number of sulfone groups is 1. The topological polar surface area (TPSA) is 49.4 Å². The van der Waals surface area contributed by atoms with Crippen LogP contribution in [0.2, 0.25) is 0 Å². The molecule has 0 spiro atoms. The SMILES string of the molecule is C=C[C@H](c1ccc(S(C)(=O)=O)cc1)N1CCNCC1. The second kappa shape index (κ2) is 5.86. The van der Waals surface area contributed by atoms with Crippen LogP contribution in [0.15, 0.2) is 41.8 Å². The summed E-state index contributed by atoms with van der Waals surface area (Å²) in [5, 5.41) is 3.32. The third kappa shape index (κ3) is 3.43. The van der Waals surface area contributed by atoms with E-state index < -0.39 is 9.84 Å². The molecule has 1 aromatic rings. The molecule has 1 aromatic carbocycles. The molecule has 0 aromatic heterocycles. The Kier molecular flexibility index (Phi) is 4.39. The summed E-state index contributed by atoms with van der Waals surface area (Å²) in [7, 11) is -3.13. The number of nitrogens with one attached hydrogen (secondary N) is 1. The summed E-state index contributed by atoms with van der Waals surface area (Å²) in [4.78, 5) is 2.71. The molecule has 2 rings (SSSR count). The van der Waals surface area contributed by atoms with E-state index in [1.165, 1.54) is 6.26 Å². The van der Waals surface area contributed by atoms with Gasteiger partial charge in [-0.05, 0) is 17.7 Å². The molecule has 1 heterocycles. The van der Waals surface area contributed by atoms with Gasteiger partial charge in [0.25, 0.3) is 0 Å². The normalized spacial score (nSPS) is 19.0. The van der Waals surface area contributed by atoms with E-state index in [-0.39, 0.29) is 6.04 Å². The predicted molar refractivity (Wildman–Crippen MR) is 76.9 cm³/mol. The molecular weight excluding hydrogens is 260 g/mol. The second-order valence-corrected chi connectivity index (χ2v) is 6.82. The van der Waals surface area contributed by atoms with Gasteiger partial charge in [0.15, 0.2) is 9.84 Å². The van der Waals surface area contributed by atoms with Crippen molar-refractivity contribution in [2.24, 2.45) is 0 Å². The average molecular weight is 280 g/mol. The minimum absolute atomic E-state index is 0.149. The summed E-state index contributed by atoms with van der Waals surface area (Å²) in [6, 6.07) is 7.25. The van der Waals surface area contributed by atoms with Crippen molar-refractivity contribution in [1.29, 1.82) is 0 Å². The second-order valence-electron chi connectivity index (χ2n) is 4.81. The minimum atomic E-state index is -3.13. The van der Waals surface area contributed by atoms with Crippen molar-refractivity contribution in [3.05, 3.63) is 42.5 Å². The van der Waals surface area contributed by atoms with E-state index in [0.29, 0.717) is 4.90 Å². The van der Waals surface area contributed by atoms with Crippen molar-refractivity contribution < 1.29 is 8.42 Å². The Bertz CT molecular complexity index is 531. The number of nitrogens with zero attached hydrogens (tertiary/aromatic N) is 1. The van der Waals surface area contributed by atoms with Gasteiger partial charge >= 0.3 is 0 Å². The van der Waals surface area contributed by atoms with Crippen LogP contribution in [0.5, 0.6) is 0 Å². The van der Waals surface area contributed by atoms with Crippen LogP contribution in [-0.4, -0.2) is 45.8 Å². The first-order valence-electron chi connectivity index (χ1n) is 6.40. The summed E-state index contributed by atoms with van der Waals surface area (Å²) in [6.07, 6.45) is 3.14. The maximum absolute atomic E-state index is 11.4. The molecule has 1 saturated heterocycles. The van der Waals surface area contributed by atoms with Crippen LogP contribution in [0.25, 0.3) is 0 Å². The van der Waals surface area contributed by atoms with E-state index >= 15 is 0 Å². The minimum Gasteiger partial charge on any atom is -0.314 e. The molecule has 19 heavy (non-hydrogen) atoms. The van der Waals surface area contributed by atoms with Crippen LogP contribution in [0, 0.1) is 0 Å². The number of piperazine rings is 1. The predicted octanol–water partition coefficient (Wildman–Crippen LogP) is 1.22. The molecule has 0 saturated carbocycles. The molecule has 104 valence electrons. The van der Waals surface area contributed by atoms with Gasteiger partial charge in [0.1, 0.15) is 0 Å². The van der Waals surface area contributed by atoms with Crippen LogP contribution in [0.1, 0.15) is 11.6 Å². The van der Waals surface area contributed by atoms with Gasteiger partial charge in [-0.3, -0.25) is 4.90 Å². The lowest BCUT2D eigenvalue weighted by molar-refractivity contribution is 0.203. The molecule has 1 atom stereocenters. The molecule has 5 heteroatoms. The van der Waals surface area contributed by atoms with Crippen molar-refractivity contribution >= 4 is 9.84 Å². The van der Waals surface area contributed by atoms with Crippen LogP contribution < -0.4 is 5.32 Å². The van der Waals surface area contributed by atoms with E-state index in [1.54, 1.807) is 12.1 Å². The fourth-order valence-corrected chi connectivity index (χ4v) is 3.00. The van der Waals surface area contributed by atoms with Gasteiger partial charge in [0.05, 0.1) is 10.9 Å². The van der Waals surface area contributed by atoms with Crippen molar-refractivity contribution in [2.75, 3.05) is 32.4 Å². The zero-order chi connectivity index (χ0) is 13.9. The van der Waals surface area contributed by atoms with E-state index in [0.717, 1.165) is 31.7 Å². The van der Waals surface area contributed by atoms with Crippen LogP contribution in [0.4, 0.5) is 0 Å². The Hall–Kier alpha value is -1.17. The summed E-state index contributed by atoms with van der Waals surface area (Å²) in [6.45, 7) is 7.81. The number of hydrogen-bond acceptors (Lipinski definition) is 4. The van der Waals surface area contributed by atoms with Gasteiger partial charge in [0.2, 0.25) is 0 Å². The highest BCUT2D eigenvalue weighted by atomic mass is 32.2. The van der Waals surface area contributed by atoms with Crippen LogP contribution >= 0.6 is 0 Å². The van der Waals surface area contributed by atoms with E-state index in [4.69, 9.17) is 0 Å². The third-order valence-electron chi connectivity index (χ3n) is 3.42. The molecule has 1 aliphatic heterocycles. The monoisotopic (exact) mass is 280 g/mol. The summed E-state index contributed by atoms with van der Waals surface area (Å²) in [5.41, 5.74) is 1.09. The molecule has 1 N–H and O–H groups in total. The largest absolute Gasteiger partial charge is 0.314 e. The zero-order valence-corrected chi connectivity index (χ0v) is 12.0. The van der Waals surface area contributed by atoms with Gasteiger partial charge in [-0.15, -0.1) is 6.58 Å². The van der Waals surface area contributed by atoms with Gasteiger partial charge in [-0.1, -0.05) is 18.2 Å². The molecular formula is C14H20N2O2S. The number of hydrogen-bond donors (Lipinski definition) is 1. The summed E-state index contributed by atoms with van der Waals surface area (Å²) < 4.78 is 22.9. The summed E-state index contributed by atoms with van der Waals surface area (Å²) >= 11 is 0. The Labute approximate surface area is 115 Å². The Morgan fingerprint density at radius 3 is 2.32 bits per heavy atom. The Morgan fingerprint density at radius 1 is 1.26 bits per heavy atom. The first-order chi connectivity index (χ1) is 9.02. The molecule has 0 unspecified atom stereocenters. The lowest BCUT2D eigenvalue weighted by Crippen LogP contribution is -2.44. The Morgan fingerprint density at radius 2 is 1.84 bits per heavy atom. The van der Waals surface area contributed by atoms with Crippen molar-refractivity contribution in [1.82, 2.24) is 10.2 Å². The molecule has 4 nitrogen and oxygen atoms in total. The first kappa shape index (κ1) is 14.2. The lowest BCUT2D eigenvalue weighted by atomic mass is 10.0. The van der Waals surface area contributed by atoms with Crippen molar-refractivity contribution in [2.45, 2.75) is 10.9 Å². The van der Waals surface area contributed by atoms with Crippen LogP contribution in [-0.2, 0) is 9.84 Å². The molecule has 0 radical (unpaired) electrons. The fraction of sp³-hybridized carbons (Fsp3) is 0.429. The van der Waals surface area contributed by atoms with Gasteiger partial charge in [-0.2, -0.15) is 0 Å². The van der Waals surface area contributed by atoms with E-state index in [2.05, 4.69) is 16.8 Å². The number of benzene rings is 1. The highest BCUT2D eigenvalue weighted by Gasteiger charge is 2.19. The standard InChI is InChI=1S/C14H20N2O2S/c1-3-14(16-10-8-15-9-11-16)12-4-6-13(7-5-12)19(2,17)18/h3-7,14-15H,1,8-11H2,2H3/t14-/m1/s1. The smallest absolute Gasteiger partial charge is 0.175 e. The van der Waals surface area contributed by atoms with Gasteiger partial charge < -0.3 is 5.32 Å². The van der Waals surface area contributed by atoms with Crippen molar-refractivity contribution in [3.8, 4) is 0 Å². The highest BCUT2D eigenvalue weighted by Crippen LogP contribution is 2.23.